The number of fused-ring (bicyclic) bond motifs is 3. The summed E-state index contributed by atoms with van der Waals surface area (Å²) in [6, 6.07) is 9.93. The maximum atomic E-state index is 13.3. The van der Waals surface area contributed by atoms with Gasteiger partial charge < -0.3 is 9.84 Å². The highest BCUT2D eigenvalue weighted by atomic mass is 16.5. The van der Waals surface area contributed by atoms with Crippen LogP contribution in [0.2, 0.25) is 0 Å². The van der Waals surface area contributed by atoms with E-state index < -0.39 is 0 Å². The molecule has 4 atom stereocenters. The van der Waals surface area contributed by atoms with E-state index in [1.165, 1.54) is 16.0 Å². The summed E-state index contributed by atoms with van der Waals surface area (Å²) >= 11 is 0. The van der Waals surface area contributed by atoms with Gasteiger partial charge in [0, 0.05) is 18.7 Å². The van der Waals surface area contributed by atoms with E-state index in [1.807, 2.05) is 57.3 Å². The Morgan fingerprint density at radius 3 is 2.55 bits per heavy atom. The number of benzene rings is 1. The van der Waals surface area contributed by atoms with Crippen LogP contribution in [0.3, 0.4) is 0 Å². The lowest BCUT2D eigenvalue weighted by Crippen LogP contribution is -2.34. The average molecular weight is 515 g/mol. The first-order valence-corrected chi connectivity index (χ1v) is 13.9. The third-order valence-electron chi connectivity index (χ3n) is 8.50. The number of hydrogen-bond acceptors (Lipinski definition) is 5. The smallest absolute Gasteiger partial charge is 0.233 e. The van der Waals surface area contributed by atoms with Gasteiger partial charge in [-0.3, -0.25) is 19.5 Å². The molecule has 2 amide bonds. The fourth-order valence-corrected chi connectivity index (χ4v) is 6.71. The number of rotatable bonds is 8. The Balaban J connectivity index is 1.42. The van der Waals surface area contributed by atoms with Crippen LogP contribution in [0.4, 0.5) is 0 Å². The molecule has 1 aromatic carbocycles. The number of amides is 2. The number of carbonyl (C=O) groups is 2. The molecule has 0 bridgehead atoms. The van der Waals surface area contributed by atoms with E-state index in [-0.39, 0.29) is 35.7 Å². The van der Waals surface area contributed by atoms with Gasteiger partial charge in [0.15, 0.2) is 0 Å². The highest BCUT2D eigenvalue weighted by Crippen LogP contribution is 2.50. The molecule has 0 unspecified atom stereocenters. The quantitative estimate of drug-likeness (QED) is 0.353. The van der Waals surface area contributed by atoms with Gasteiger partial charge in [-0.15, -0.1) is 0 Å². The number of phenols is 1. The van der Waals surface area contributed by atoms with Crippen molar-refractivity contribution in [3.63, 3.8) is 0 Å². The fraction of sp³-hybridized carbons (Fsp3) is 0.469. The lowest BCUT2D eigenvalue weighted by Gasteiger charge is -2.31. The van der Waals surface area contributed by atoms with E-state index in [9.17, 15) is 14.7 Å². The van der Waals surface area contributed by atoms with Crippen molar-refractivity contribution in [2.75, 3.05) is 13.2 Å². The molecule has 0 radical (unpaired) electrons. The lowest BCUT2D eigenvalue weighted by molar-refractivity contribution is -0.140. The zero-order valence-corrected chi connectivity index (χ0v) is 22.9. The number of likely N-dealkylation sites (tertiary alicyclic amines) is 1. The third kappa shape index (κ3) is 4.71. The molecule has 2 fully saturated rings. The molecule has 6 heteroatoms. The zero-order valence-electron chi connectivity index (χ0n) is 22.9. The number of aromatic nitrogens is 1. The van der Waals surface area contributed by atoms with Crippen molar-refractivity contribution >= 4 is 23.5 Å². The summed E-state index contributed by atoms with van der Waals surface area (Å²) in [4.78, 5) is 32.5. The van der Waals surface area contributed by atoms with E-state index in [1.54, 1.807) is 0 Å². The van der Waals surface area contributed by atoms with Crippen molar-refractivity contribution in [1.82, 2.24) is 9.88 Å². The van der Waals surface area contributed by atoms with Crippen molar-refractivity contribution in [3.05, 3.63) is 70.1 Å². The van der Waals surface area contributed by atoms with Crippen molar-refractivity contribution in [2.45, 2.75) is 65.9 Å². The van der Waals surface area contributed by atoms with E-state index in [0.29, 0.717) is 25.3 Å². The van der Waals surface area contributed by atoms with Crippen LogP contribution in [0.25, 0.3) is 11.6 Å². The number of nitrogens with zero attached hydrogens (tertiary/aromatic N) is 2. The second-order valence-electron chi connectivity index (χ2n) is 10.9. The van der Waals surface area contributed by atoms with Gasteiger partial charge in [0.05, 0.1) is 30.2 Å². The molecule has 3 aliphatic rings. The van der Waals surface area contributed by atoms with Crippen LogP contribution in [0.15, 0.2) is 47.7 Å². The van der Waals surface area contributed by atoms with Crippen molar-refractivity contribution in [1.29, 1.82) is 0 Å². The van der Waals surface area contributed by atoms with Gasteiger partial charge in [-0.05, 0) is 104 Å². The maximum absolute atomic E-state index is 13.3. The van der Waals surface area contributed by atoms with E-state index >= 15 is 0 Å². The Hall–Kier alpha value is -3.25. The highest BCUT2D eigenvalue weighted by Gasteiger charge is 2.56. The first kappa shape index (κ1) is 26.4. The standard InChI is InChI=1S/C32H38N2O4/c1-5-13-34-31(36)24-17-22(6-2)28-25(29(24)32(34)37)18-38-27(28)11-10-23(26-9-7-8-12-33-26)16-21-14-19(3)30(35)20(4)15-21/h7-9,12,14-16,24-25,27,29,35H,5-6,10-11,13,17-18H2,1-4H3/b23-16-/t24-,25+,27-,29-/m1/s1. The summed E-state index contributed by atoms with van der Waals surface area (Å²) in [6.07, 6.45) is 7.78. The maximum Gasteiger partial charge on any atom is 0.233 e. The number of phenolic OH excluding ortho intramolecular Hbond substituents is 1. The summed E-state index contributed by atoms with van der Waals surface area (Å²) in [5.74, 6) is -0.176. The van der Waals surface area contributed by atoms with Crippen molar-refractivity contribution < 1.29 is 19.4 Å². The molecule has 2 aromatic rings. The molecule has 6 nitrogen and oxygen atoms in total. The molecule has 0 saturated carbocycles. The zero-order chi connectivity index (χ0) is 27.0. The Morgan fingerprint density at radius 2 is 1.89 bits per heavy atom. The van der Waals surface area contributed by atoms with Crippen LogP contribution in [0, 0.1) is 31.6 Å². The highest BCUT2D eigenvalue weighted by molar-refractivity contribution is 6.06. The minimum atomic E-state index is -0.280. The molecule has 1 aromatic heterocycles. The third-order valence-corrected chi connectivity index (χ3v) is 8.50. The minimum Gasteiger partial charge on any atom is -0.507 e. The Labute approximate surface area is 225 Å². The summed E-state index contributed by atoms with van der Waals surface area (Å²) < 4.78 is 6.39. The second-order valence-corrected chi connectivity index (χ2v) is 10.9. The molecule has 5 rings (SSSR count). The van der Waals surface area contributed by atoms with Gasteiger partial charge in [0.2, 0.25) is 11.8 Å². The van der Waals surface area contributed by atoms with Crippen LogP contribution < -0.4 is 0 Å². The molecular formula is C32H38N2O4. The van der Waals surface area contributed by atoms with Crippen molar-refractivity contribution in [3.8, 4) is 5.75 Å². The molecular weight excluding hydrogens is 476 g/mol. The molecule has 1 aliphatic carbocycles. The molecule has 3 heterocycles. The number of imide groups is 1. The molecule has 2 aliphatic heterocycles. The Bertz CT molecular complexity index is 1270. The Morgan fingerprint density at radius 1 is 1.13 bits per heavy atom. The first-order valence-electron chi connectivity index (χ1n) is 13.9. The van der Waals surface area contributed by atoms with Gasteiger partial charge in [-0.1, -0.05) is 25.5 Å². The summed E-state index contributed by atoms with van der Waals surface area (Å²) in [6.45, 7) is 8.99. The fourth-order valence-electron chi connectivity index (χ4n) is 6.71. The minimum absolute atomic E-state index is 0.00307. The molecule has 38 heavy (non-hydrogen) atoms. The Kier molecular flexibility index (Phi) is 7.53. The molecule has 1 N–H and O–H groups in total. The summed E-state index contributed by atoms with van der Waals surface area (Å²) in [5.41, 5.74) is 7.32. The lowest BCUT2D eigenvalue weighted by atomic mass is 9.69. The normalized spacial score (nSPS) is 25.3. The van der Waals surface area contributed by atoms with Gasteiger partial charge in [-0.25, -0.2) is 0 Å². The van der Waals surface area contributed by atoms with Crippen molar-refractivity contribution in [2.24, 2.45) is 17.8 Å². The van der Waals surface area contributed by atoms with Crippen LogP contribution in [0.5, 0.6) is 5.75 Å². The monoisotopic (exact) mass is 514 g/mol. The van der Waals surface area contributed by atoms with E-state index in [2.05, 4.69) is 18.0 Å². The molecule has 2 saturated heterocycles. The number of carbonyl (C=O) groups excluding carboxylic acids is 2. The van der Waals surface area contributed by atoms with E-state index in [0.717, 1.165) is 53.6 Å². The number of hydrogen-bond donors (Lipinski definition) is 1. The number of ether oxygens (including phenoxy) is 1. The average Bonchev–Trinajstić information content (AvgIpc) is 3.44. The van der Waals surface area contributed by atoms with E-state index in [4.69, 9.17) is 4.74 Å². The predicted molar refractivity (Wildman–Crippen MR) is 148 cm³/mol. The summed E-state index contributed by atoms with van der Waals surface area (Å²) in [7, 11) is 0. The van der Waals surface area contributed by atoms with Crippen LogP contribution in [0.1, 0.15) is 68.3 Å². The first-order chi connectivity index (χ1) is 18.3. The van der Waals surface area contributed by atoms with Gasteiger partial charge in [0.1, 0.15) is 5.75 Å². The number of aromatic hydroxyl groups is 1. The topological polar surface area (TPSA) is 79.7 Å². The van der Waals surface area contributed by atoms with Crippen LogP contribution in [-0.4, -0.2) is 46.1 Å². The number of pyridine rings is 1. The van der Waals surface area contributed by atoms with Crippen LogP contribution >= 0.6 is 0 Å². The largest absolute Gasteiger partial charge is 0.507 e. The summed E-state index contributed by atoms with van der Waals surface area (Å²) in [5, 5.41) is 10.2. The van der Waals surface area contributed by atoms with Gasteiger partial charge in [0.25, 0.3) is 0 Å². The van der Waals surface area contributed by atoms with Crippen LogP contribution in [-0.2, 0) is 14.3 Å². The number of aryl methyl sites for hydroxylation is 2. The number of allylic oxidation sites excluding steroid dienone is 2. The van der Waals surface area contributed by atoms with Gasteiger partial charge in [-0.2, -0.15) is 0 Å². The second kappa shape index (κ2) is 10.9. The van der Waals surface area contributed by atoms with Gasteiger partial charge >= 0.3 is 0 Å². The molecule has 200 valence electrons. The molecule has 0 spiro atoms. The SMILES string of the molecule is CCCN1C(=O)[C@@H]2[C@@H](CC(CC)=C3[C@@H](CC/C(=C/c4cc(C)c(O)c(C)c4)c4ccccn4)OC[C@@H]32)C1=O. The predicted octanol–water partition coefficient (Wildman–Crippen LogP) is 5.86.